The number of halogens is 1. The zero-order valence-corrected chi connectivity index (χ0v) is 11.1. The molecule has 1 aromatic carbocycles. The van der Waals surface area contributed by atoms with Crippen molar-refractivity contribution >= 4 is 23.3 Å². The van der Waals surface area contributed by atoms with Gasteiger partial charge in [0.15, 0.2) is 0 Å². The molecule has 0 amide bonds. The fourth-order valence-corrected chi connectivity index (χ4v) is 1.93. The molecule has 0 aliphatic carbocycles. The van der Waals surface area contributed by atoms with E-state index in [1.54, 1.807) is 18.2 Å². The number of carboxylic acid groups (broad SMARTS) is 1. The van der Waals surface area contributed by atoms with Gasteiger partial charge in [0.2, 0.25) is 0 Å². The number of hydrogen-bond donors (Lipinski definition) is 2. The van der Waals surface area contributed by atoms with Gasteiger partial charge in [0.1, 0.15) is 0 Å². The number of carboxylic acids is 1. The topological polar surface area (TPSA) is 49.3 Å². The molecule has 0 aromatic heterocycles. The third kappa shape index (κ3) is 3.63. The van der Waals surface area contributed by atoms with E-state index in [0.29, 0.717) is 12.0 Å². The Labute approximate surface area is 107 Å². The number of benzene rings is 1. The maximum absolute atomic E-state index is 11.0. The number of aromatic carboxylic acids is 1. The Kier molecular flexibility index (Phi) is 4.82. The first-order valence-electron chi connectivity index (χ1n) is 5.75. The van der Waals surface area contributed by atoms with E-state index < -0.39 is 5.97 Å². The molecular formula is C13H18ClNO2. The van der Waals surface area contributed by atoms with Crippen molar-refractivity contribution in [2.45, 2.75) is 33.2 Å². The largest absolute Gasteiger partial charge is 0.478 e. The van der Waals surface area contributed by atoms with Crippen molar-refractivity contribution in [1.29, 1.82) is 0 Å². The average molecular weight is 256 g/mol. The van der Waals surface area contributed by atoms with Gasteiger partial charge in [0, 0.05) is 11.7 Å². The summed E-state index contributed by atoms with van der Waals surface area (Å²) in [5.74, 6) is -0.514. The van der Waals surface area contributed by atoms with Crippen LogP contribution in [0, 0.1) is 5.92 Å². The van der Waals surface area contributed by atoms with Crippen molar-refractivity contribution in [3.8, 4) is 0 Å². The van der Waals surface area contributed by atoms with E-state index in [1.165, 1.54) is 0 Å². The van der Waals surface area contributed by atoms with Crippen LogP contribution in [0.25, 0.3) is 0 Å². The maximum Gasteiger partial charge on any atom is 0.337 e. The minimum Gasteiger partial charge on any atom is -0.478 e. The van der Waals surface area contributed by atoms with Gasteiger partial charge in [-0.05, 0) is 30.5 Å². The van der Waals surface area contributed by atoms with Crippen LogP contribution in [-0.2, 0) is 0 Å². The first-order valence-corrected chi connectivity index (χ1v) is 6.12. The highest BCUT2D eigenvalue weighted by Crippen LogP contribution is 2.22. The van der Waals surface area contributed by atoms with E-state index in [4.69, 9.17) is 16.7 Å². The van der Waals surface area contributed by atoms with E-state index >= 15 is 0 Å². The second kappa shape index (κ2) is 5.92. The highest BCUT2D eigenvalue weighted by Gasteiger charge is 2.13. The molecule has 94 valence electrons. The van der Waals surface area contributed by atoms with Crippen LogP contribution in [0.4, 0.5) is 5.69 Å². The van der Waals surface area contributed by atoms with E-state index in [-0.39, 0.29) is 10.6 Å². The number of carbonyl (C=O) groups is 1. The first kappa shape index (κ1) is 13.8. The van der Waals surface area contributed by atoms with Crippen molar-refractivity contribution in [3.05, 3.63) is 28.8 Å². The molecule has 4 heteroatoms. The number of nitrogens with one attached hydrogen (secondary N) is 1. The van der Waals surface area contributed by atoms with Gasteiger partial charge in [-0.15, -0.1) is 0 Å². The Morgan fingerprint density at radius 3 is 2.59 bits per heavy atom. The maximum atomic E-state index is 11.0. The fourth-order valence-electron chi connectivity index (χ4n) is 1.73. The average Bonchev–Trinajstić information content (AvgIpc) is 2.27. The van der Waals surface area contributed by atoms with Crippen molar-refractivity contribution in [1.82, 2.24) is 0 Å². The molecule has 0 fully saturated rings. The van der Waals surface area contributed by atoms with Crippen LogP contribution in [0.3, 0.4) is 0 Å². The quantitative estimate of drug-likeness (QED) is 0.839. The third-order valence-electron chi connectivity index (χ3n) is 2.79. The highest BCUT2D eigenvalue weighted by molar-refractivity contribution is 6.33. The molecule has 0 spiro atoms. The lowest BCUT2D eigenvalue weighted by atomic mass is 10.0. The van der Waals surface area contributed by atoms with E-state index in [9.17, 15) is 4.79 Å². The van der Waals surface area contributed by atoms with Crippen LogP contribution in [0.15, 0.2) is 18.2 Å². The summed E-state index contributed by atoms with van der Waals surface area (Å²) in [4.78, 5) is 11.0. The Balaban J connectivity index is 2.92. The second-order valence-electron chi connectivity index (χ2n) is 4.40. The van der Waals surface area contributed by atoms with E-state index in [2.05, 4.69) is 26.1 Å². The molecule has 1 aromatic rings. The first-order chi connectivity index (χ1) is 7.95. The lowest BCUT2D eigenvalue weighted by molar-refractivity contribution is 0.0697. The zero-order valence-electron chi connectivity index (χ0n) is 10.3. The minimum atomic E-state index is -1.00. The number of rotatable bonds is 5. The molecule has 3 nitrogen and oxygen atoms in total. The standard InChI is InChI=1S/C13H18ClNO2/c1-4-12(8(2)3)15-9-5-6-11(14)10(7-9)13(16)17/h5-8,12,15H,4H2,1-3H3,(H,16,17). The van der Waals surface area contributed by atoms with Crippen LogP contribution in [0.5, 0.6) is 0 Å². The van der Waals surface area contributed by atoms with Crippen molar-refractivity contribution < 1.29 is 9.90 Å². The van der Waals surface area contributed by atoms with Crippen LogP contribution in [-0.4, -0.2) is 17.1 Å². The predicted octanol–water partition coefficient (Wildman–Crippen LogP) is 3.88. The molecule has 0 bridgehead atoms. The summed E-state index contributed by atoms with van der Waals surface area (Å²) in [5.41, 5.74) is 0.933. The van der Waals surface area contributed by atoms with Gasteiger partial charge in [0.05, 0.1) is 10.6 Å². The summed E-state index contributed by atoms with van der Waals surface area (Å²) >= 11 is 5.82. The fraction of sp³-hybridized carbons (Fsp3) is 0.462. The Morgan fingerprint density at radius 2 is 2.12 bits per heavy atom. The Hall–Kier alpha value is -1.22. The van der Waals surface area contributed by atoms with Gasteiger partial charge in [-0.25, -0.2) is 4.79 Å². The van der Waals surface area contributed by atoms with Gasteiger partial charge in [-0.1, -0.05) is 32.4 Å². The summed E-state index contributed by atoms with van der Waals surface area (Å²) in [6.45, 7) is 6.37. The molecule has 2 N–H and O–H groups in total. The normalized spacial score (nSPS) is 12.5. The summed E-state index contributed by atoms with van der Waals surface area (Å²) in [6, 6.07) is 5.33. The summed E-state index contributed by atoms with van der Waals surface area (Å²) < 4.78 is 0. The molecule has 0 saturated carbocycles. The molecule has 0 saturated heterocycles. The minimum absolute atomic E-state index is 0.135. The summed E-state index contributed by atoms with van der Waals surface area (Å²) in [5, 5.41) is 12.6. The van der Waals surface area contributed by atoms with Gasteiger partial charge in [-0.3, -0.25) is 0 Å². The van der Waals surface area contributed by atoms with Gasteiger partial charge < -0.3 is 10.4 Å². The van der Waals surface area contributed by atoms with Gasteiger partial charge >= 0.3 is 5.97 Å². The predicted molar refractivity (Wildman–Crippen MR) is 71.0 cm³/mol. The molecule has 17 heavy (non-hydrogen) atoms. The van der Waals surface area contributed by atoms with Gasteiger partial charge in [-0.2, -0.15) is 0 Å². The number of anilines is 1. The lowest BCUT2D eigenvalue weighted by Crippen LogP contribution is -2.24. The van der Waals surface area contributed by atoms with Crippen molar-refractivity contribution in [3.63, 3.8) is 0 Å². The molecule has 1 rings (SSSR count). The molecule has 0 aliphatic rings. The molecule has 0 radical (unpaired) electrons. The van der Waals surface area contributed by atoms with Crippen LogP contribution >= 0.6 is 11.6 Å². The molecule has 0 heterocycles. The van der Waals surface area contributed by atoms with Crippen molar-refractivity contribution in [2.24, 2.45) is 5.92 Å². The third-order valence-corrected chi connectivity index (χ3v) is 3.12. The van der Waals surface area contributed by atoms with Gasteiger partial charge in [0.25, 0.3) is 0 Å². The summed E-state index contributed by atoms with van der Waals surface area (Å²) in [7, 11) is 0. The monoisotopic (exact) mass is 255 g/mol. The van der Waals surface area contributed by atoms with Crippen molar-refractivity contribution in [2.75, 3.05) is 5.32 Å². The van der Waals surface area contributed by atoms with Crippen LogP contribution < -0.4 is 5.32 Å². The SMILES string of the molecule is CCC(Nc1ccc(Cl)c(C(=O)O)c1)C(C)C. The van der Waals surface area contributed by atoms with E-state index in [0.717, 1.165) is 12.1 Å². The Morgan fingerprint density at radius 1 is 1.47 bits per heavy atom. The second-order valence-corrected chi connectivity index (χ2v) is 4.81. The van der Waals surface area contributed by atoms with Crippen LogP contribution in [0.1, 0.15) is 37.6 Å². The zero-order chi connectivity index (χ0) is 13.0. The number of hydrogen-bond acceptors (Lipinski definition) is 2. The summed E-state index contributed by atoms with van der Waals surface area (Å²) in [6.07, 6.45) is 0.989. The van der Waals surface area contributed by atoms with Crippen LogP contribution in [0.2, 0.25) is 5.02 Å². The highest BCUT2D eigenvalue weighted by atomic mass is 35.5. The molecule has 1 unspecified atom stereocenters. The molecule has 0 aliphatic heterocycles. The Bertz CT molecular complexity index is 404. The molecular weight excluding hydrogens is 238 g/mol. The smallest absolute Gasteiger partial charge is 0.337 e. The lowest BCUT2D eigenvalue weighted by Gasteiger charge is -2.22. The molecule has 1 atom stereocenters. The van der Waals surface area contributed by atoms with E-state index in [1.807, 2.05) is 0 Å².